The fraction of sp³-hybridized carbons (Fsp3) is 0.682. The molecule has 1 aromatic carbocycles. The number of hydrogen-bond donors (Lipinski definition) is 0. The van der Waals surface area contributed by atoms with Gasteiger partial charge in [-0.15, -0.1) is 0 Å². The fourth-order valence-corrected chi connectivity index (χ4v) is 3.13. The third-order valence-corrected chi connectivity index (χ3v) is 4.93. The van der Waals surface area contributed by atoms with Gasteiger partial charge in [-0.25, -0.2) is 4.79 Å². The normalized spacial score (nSPS) is 10.7. The number of carbonyl (C=O) groups excluding carboxylic acids is 1. The van der Waals surface area contributed by atoms with Gasteiger partial charge in [-0.1, -0.05) is 67.8 Å². The highest BCUT2D eigenvalue weighted by atomic mass is 79.9. The van der Waals surface area contributed by atoms with Gasteiger partial charge in [-0.3, -0.25) is 0 Å². The second-order valence-electron chi connectivity index (χ2n) is 6.73. The molecule has 0 aromatic heterocycles. The summed E-state index contributed by atoms with van der Waals surface area (Å²) in [6.45, 7) is 3.48. The third-order valence-electron chi connectivity index (χ3n) is 4.37. The molecule has 1 rings (SSSR count). The van der Waals surface area contributed by atoms with E-state index in [0.29, 0.717) is 12.2 Å². The van der Waals surface area contributed by atoms with Gasteiger partial charge < -0.3 is 9.47 Å². The molecule has 0 spiro atoms. The van der Waals surface area contributed by atoms with Gasteiger partial charge in [0.15, 0.2) is 0 Å². The zero-order valence-corrected chi connectivity index (χ0v) is 17.9. The topological polar surface area (TPSA) is 35.5 Å². The summed E-state index contributed by atoms with van der Waals surface area (Å²) >= 11 is 3.40. The Morgan fingerprint density at radius 2 is 1.38 bits per heavy atom. The van der Waals surface area contributed by atoms with Crippen LogP contribution in [0.15, 0.2) is 24.3 Å². The molecule has 0 saturated carbocycles. The number of rotatable bonds is 16. The van der Waals surface area contributed by atoms with Crippen LogP contribution in [-0.4, -0.2) is 24.5 Å². The van der Waals surface area contributed by atoms with Gasteiger partial charge in [0.25, 0.3) is 0 Å². The second kappa shape index (κ2) is 16.2. The summed E-state index contributed by atoms with van der Waals surface area (Å²) in [4.78, 5) is 11.9. The lowest BCUT2D eigenvalue weighted by molar-refractivity contribution is 0.0498. The van der Waals surface area contributed by atoms with Crippen molar-refractivity contribution in [3.63, 3.8) is 0 Å². The van der Waals surface area contributed by atoms with Crippen LogP contribution in [-0.2, 0) is 4.74 Å². The molecule has 0 radical (unpaired) electrons. The van der Waals surface area contributed by atoms with Crippen molar-refractivity contribution in [2.75, 3.05) is 18.5 Å². The van der Waals surface area contributed by atoms with Crippen molar-refractivity contribution < 1.29 is 14.3 Å². The summed E-state index contributed by atoms with van der Waals surface area (Å²) in [7, 11) is 0. The van der Waals surface area contributed by atoms with Crippen molar-refractivity contribution in [2.45, 2.75) is 77.6 Å². The Kier molecular flexibility index (Phi) is 14.3. The molecular formula is C22H35BrO3. The molecule has 0 unspecified atom stereocenters. The molecule has 0 N–H and O–H groups in total. The molecule has 0 fully saturated rings. The van der Waals surface area contributed by atoms with Gasteiger partial charge in [0.05, 0.1) is 18.8 Å². The van der Waals surface area contributed by atoms with Gasteiger partial charge >= 0.3 is 5.97 Å². The van der Waals surface area contributed by atoms with Crippen molar-refractivity contribution in [2.24, 2.45) is 0 Å². The number of benzene rings is 1. The molecule has 0 aliphatic heterocycles. The van der Waals surface area contributed by atoms with Crippen LogP contribution in [0, 0.1) is 0 Å². The van der Waals surface area contributed by atoms with Crippen molar-refractivity contribution in [1.82, 2.24) is 0 Å². The Morgan fingerprint density at radius 3 is 2.04 bits per heavy atom. The highest BCUT2D eigenvalue weighted by molar-refractivity contribution is 9.09. The number of ether oxygens (including phenoxy) is 2. The molecule has 0 atom stereocenters. The molecule has 0 bridgehead atoms. The Bertz CT molecular complexity index is 459. The van der Waals surface area contributed by atoms with Crippen LogP contribution in [0.5, 0.6) is 5.75 Å². The largest absolute Gasteiger partial charge is 0.494 e. The number of esters is 1. The smallest absolute Gasteiger partial charge is 0.338 e. The van der Waals surface area contributed by atoms with Crippen molar-refractivity contribution in [3.8, 4) is 5.75 Å². The Labute approximate surface area is 168 Å². The van der Waals surface area contributed by atoms with E-state index in [1.165, 1.54) is 44.9 Å². The van der Waals surface area contributed by atoms with Crippen LogP contribution < -0.4 is 4.74 Å². The fourth-order valence-electron chi connectivity index (χ4n) is 2.73. The first-order valence-corrected chi connectivity index (χ1v) is 11.4. The number of alkyl halides is 1. The zero-order chi connectivity index (χ0) is 18.9. The lowest BCUT2D eigenvalue weighted by Gasteiger charge is -2.08. The van der Waals surface area contributed by atoms with Crippen LogP contribution in [0.4, 0.5) is 0 Å². The number of carbonyl (C=O) groups is 1. The van der Waals surface area contributed by atoms with E-state index >= 15 is 0 Å². The average molecular weight is 427 g/mol. The quantitative estimate of drug-likeness (QED) is 0.163. The van der Waals surface area contributed by atoms with Gasteiger partial charge in [0.2, 0.25) is 0 Å². The average Bonchev–Trinajstić information content (AvgIpc) is 2.67. The minimum atomic E-state index is -0.251. The molecule has 4 heteroatoms. The maximum Gasteiger partial charge on any atom is 0.338 e. The van der Waals surface area contributed by atoms with E-state index in [9.17, 15) is 4.79 Å². The first-order chi connectivity index (χ1) is 12.8. The van der Waals surface area contributed by atoms with E-state index in [1.54, 1.807) is 12.1 Å². The maximum atomic E-state index is 11.9. The summed E-state index contributed by atoms with van der Waals surface area (Å²) in [5.41, 5.74) is 0.588. The molecule has 0 heterocycles. The van der Waals surface area contributed by atoms with Crippen LogP contribution in [0.25, 0.3) is 0 Å². The van der Waals surface area contributed by atoms with Crippen LogP contribution in [0.1, 0.15) is 87.9 Å². The molecule has 0 aliphatic rings. The summed E-state index contributed by atoms with van der Waals surface area (Å²) in [6.07, 6.45) is 13.5. The summed E-state index contributed by atoms with van der Waals surface area (Å²) in [5, 5.41) is 1.00. The Hall–Kier alpha value is -1.03. The Balaban J connectivity index is 2.09. The Morgan fingerprint density at radius 1 is 0.808 bits per heavy atom. The first-order valence-electron chi connectivity index (χ1n) is 10.2. The molecule has 0 aliphatic carbocycles. The molecule has 148 valence electrons. The van der Waals surface area contributed by atoms with E-state index < -0.39 is 0 Å². The SMILES string of the molecule is CCCCCCCCCCOc1ccc(C(=O)OCCCCCBr)cc1. The first kappa shape index (κ1) is 23.0. The molecule has 26 heavy (non-hydrogen) atoms. The molecule has 0 saturated heterocycles. The minimum Gasteiger partial charge on any atom is -0.494 e. The number of halogens is 1. The van der Waals surface area contributed by atoms with E-state index in [0.717, 1.165) is 43.4 Å². The number of hydrogen-bond acceptors (Lipinski definition) is 3. The second-order valence-corrected chi connectivity index (χ2v) is 7.53. The van der Waals surface area contributed by atoms with Crippen LogP contribution in [0.2, 0.25) is 0 Å². The molecule has 3 nitrogen and oxygen atoms in total. The van der Waals surface area contributed by atoms with Crippen molar-refractivity contribution >= 4 is 21.9 Å². The molecule has 1 aromatic rings. The molecule has 0 amide bonds. The van der Waals surface area contributed by atoms with Gasteiger partial charge in [0, 0.05) is 5.33 Å². The predicted octanol–water partition coefficient (Wildman–Crippen LogP) is 6.93. The zero-order valence-electron chi connectivity index (χ0n) is 16.3. The van der Waals surface area contributed by atoms with E-state index in [1.807, 2.05) is 12.1 Å². The number of unbranched alkanes of at least 4 members (excludes halogenated alkanes) is 9. The van der Waals surface area contributed by atoms with Crippen LogP contribution >= 0.6 is 15.9 Å². The summed E-state index contributed by atoms with van der Waals surface area (Å²) in [5.74, 6) is 0.570. The van der Waals surface area contributed by atoms with Crippen molar-refractivity contribution in [1.29, 1.82) is 0 Å². The van der Waals surface area contributed by atoms with Gasteiger partial charge in [0.1, 0.15) is 5.75 Å². The van der Waals surface area contributed by atoms with E-state index in [4.69, 9.17) is 9.47 Å². The minimum absolute atomic E-state index is 0.251. The summed E-state index contributed by atoms with van der Waals surface area (Å²) < 4.78 is 11.0. The van der Waals surface area contributed by atoms with Crippen LogP contribution in [0.3, 0.4) is 0 Å². The lowest BCUT2D eigenvalue weighted by Crippen LogP contribution is -2.06. The van der Waals surface area contributed by atoms with E-state index in [2.05, 4.69) is 22.9 Å². The van der Waals surface area contributed by atoms with Gasteiger partial charge in [-0.2, -0.15) is 0 Å². The van der Waals surface area contributed by atoms with Gasteiger partial charge in [-0.05, 0) is 49.9 Å². The highest BCUT2D eigenvalue weighted by Crippen LogP contribution is 2.14. The third kappa shape index (κ3) is 11.6. The summed E-state index contributed by atoms with van der Waals surface area (Å²) in [6, 6.07) is 7.27. The lowest BCUT2D eigenvalue weighted by atomic mass is 10.1. The van der Waals surface area contributed by atoms with Crippen molar-refractivity contribution in [3.05, 3.63) is 29.8 Å². The predicted molar refractivity (Wildman–Crippen MR) is 112 cm³/mol. The maximum absolute atomic E-state index is 11.9. The van der Waals surface area contributed by atoms with E-state index in [-0.39, 0.29) is 5.97 Å². The standard InChI is InChI=1S/C22H35BrO3/c1-2-3-4-5-6-7-8-11-18-25-21-15-13-20(14-16-21)22(24)26-19-12-9-10-17-23/h13-16H,2-12,17-19H2,1H3. The molecular weight excluding hydrogens is 392 g/mol. The monoisotopic (exact) mass is 426 g/mol. The highest BCUT2D eigenvalue weighted by Gasteiger charge is 2.07.